The molecule has 18 heavy (non-hydrogen) atoms. The minimum absolute atomic E-state index is 0.166. The van der Waals surface area contributed by atoms with E-state index in [0.29, 0.717) is 19.0 Å². The first kappa shape index (κ1) is 12.9. The van der Waals surface area contributed by atoms with E-state index in [0.717, 1.165) is 17.5 Å². The largest absolute Gasteiger partial charge is 0.466 e. The summed E-state index contributed by atoms with van der Waals surface area (Å²) in [6, 6.07) is 5.20. The third-order valence-electron chi connectivity index (χ3n) is 2.74. The quantitative estimate of drug-likeness (QED) is 0.638. The Kier molecular flexibility index (Phi) is 4.17. The maximum absolute atomic E-state index is 11.5. The van der Waals surface area contributed by atoms with Crippen molar-refractivity contribution in [1.29, 1.82) is 0 Å². The van der Waals surface area contributed by atoms with Crippen LogP contribution < -0.4 is 10.6 Å². The number of ether oxygens (including phenoxy) is 1. The van der Waals surface area contributed by atoms with E-state index >= 15 is 0 Å². The van der Waals surface area contributed by atoms with Crippen LogP contribution in [-0.4, -0.2) is 12.6 Å². The van der Waals surface area contributed by atoms with Gasteiger partial charge in [0.15, 0.2) is 5.75 Å². The van der Waals surface area contributed by atoms with Crippen LogP contribution in [-0.2, 0) is 21.0 Å². The first-order valence-electron chi connectivity index (χ1n) is 6.04. The number of benzene rings is 1. The van der Waals surface area contributed by atoms with Crippen LogP contribution in [0.5, 0.6) is 5.75 Å². The Morgan fingerprint density at radius 3 is 3.17 bits per heavy atom. The SMILES string of the molecule is CCCOC(=O)CC(N)c1ccc2c(c1)OOC2. The van der Waals surface area contributed by atoms with Crippen LogP contribution in [0.3, 0.4) is 0 Å². The van der Waals surface area contributed by atoms with Crippen molar-refractivity contribution in [3.63, 3.8) is 0 Å². The van der Waals surface area contributed by atoms with E-state index in [9.17, 15) is 4.79 Å². The van der Waals surface area contributed by atoms with Crippen molar-refractivity contribution in [2.24, 2.45) is 5.73 Å². The van der Waals surface area contributed by atoms with Gasteiger partial charge in [-0.2, -0.15) is 4.89 Å². The molecule has 2 rings (SSSR count). The van der Waals surface area contributed by atoms with E-state index in [4.69, 9.17) is 20.2 Å². The number of esters is 1. The fraction of sp³-hybridized carbons (Fsp3) is 0.462. The maximum atomic E-state index is 11.5. The lowest BCUT2D eigenvalue weighted by Crippen LogP contribution is -2.17. The Labute approximate surface area is 106 Å². The second-order valence-electron chi connectivity index (χ2n) is 4.24. The van der Waals surface area contributed by atoms with Gasteiger partial charge in [0, 0.05) is 11.6 Å². The molecule has 1 aromatic carbocycles. The normalized spacial score (nSPS) is 14.8. The van der Waals surface area contributed by atoms with Gasteiger partial charge in [0.1, 0.15) is 6.61 Å². The highest BCUT2D eigenvalue weighted by Crippen LogP contribution is 2.29. The lowest BCUT2D eigenvalue weighted by molar-refractivity contribution is -0.194. The van der Waals surface area contributed by atoms with Crippen LogP contribution in [0, 0.1) is 0 Å². The summed E-state index contributed by atoms with van der Waals surface area (Å²) in [5.74, 6) is 0.395. The minimum atomic E-state index is -0.385. The summed E-state index contributed by atoms with van der Waals surface area (Å²) < 4.78 is 5.00. The van der Waals surface area contributed by atoms with E-state index in [2.05, 4.69) is 0 Å². The molecular weight excluding hydrogens is 234 g/mol. The van der Waals surface area contributed by atoms with Crippen LogP contribution in [0.2, 0.25) is 0 Å². The van der Waals surface area contributed by atoms with Crippen molar-refractivity contribution in [1.82, 2.24) is 0 Å². The number of fused-ring (bicyclic) bond motifs is 1. The highest BCUT2D eigenvalue weighted by atomic mass is 17.2. The molecule has 0 aliphatic carbocycles. The lowest BCUT2D eigenvalue weighted by Gasteiger charge is -2.12. The molecule has 0 fully saturated rings. The third-order valence-corrected chi connectivity index (χ3v) is 2.74. The van der Waals surface area contributed by atoms with Crippen molar-refractivity contribution >= 4 is 5.97 Å². The second kappa shape index (κ2) is 5.84. The van der Waals surface area contributed by atoms with Gasteiger partial charge in [-0.3, -0.25) is 4.79 Å². The van der Waals surface area contributed by atoms with Crippen LogP contribution >= 0.6 is 0 Å². The summed E-state index contributed by atoms with van der Waals surface area (Å²) in [4.78, 5) is 21.3. The highest BCUT2D eigenvalue weighted by molar-refractivity contribution is 5.70. The lowest BCUT2D eigenvalue weighted by atomic mass is 10.0. The average Bonchev–Trinajstić information content (AvgIpc) is 2.83. The number of nitrogens with two attached hydrogens (primary N) is 1. The molecular formula is C13H17NO4. The van der Waals surface area contributed by atoms with Crippen LogP contribution in [0.4, 0.5) is 0 Å². The zero-order valence-electron chi connectivity index (χ0n) is 10.3. The predicted molar refractivity (Wildman–Crippen MR) is 64.7 cm³/mol. The Bertz CT molecular complexity index is 433. The molecule has 2 N–H and O–H groups in total. The fourth-order valence-corrected chi connectivity index (χ4v) is 1.73. The maximum Gasteiger partial charge on any atom is 0.307 e. The van der Waals surface area contributed by atoms with Gasteiger partial charge in [0.05, 0.1) is 13.0 Å². The van der Waals surface area contributed by atoms with Gasteiger partial charge in [0.2, 0.25) is 0 Å². The standard InChI is InChI=1S/C13H17NO4/c1-2-5-16-13(15)7-11(14)9-3-4-10-8-17-18-12(10)6-9/h3-4,6,11H,2,5,7-8,14H2,1H3. The van der Waals surface area contributed by atoms with Crippen molar-refractivity contribution in [3.8, 4) is 5.75 Å². The van der Waals surface area contributed by atoms with Crippen LogP contribution in [0.1, 0.15) is 36.9 Å². The molecule has 5 heteroatoms. The molecule has 1 atom stereocenters. The predicted octanol–water partition coefficient (Wildman–Crippen LogP) is 1.85. The van der Waals surface area contributed by atoms with Crippen molar-refractivity contribution in [2.45, 2.75) is 32.4 Å². The summed E-state index contributed by atoms with van der Waals surface area (Å²) in [6.45, 7) is 2.83. The van der Waals surface area contributed by atoms with E-state index in [1.165, 1.54) is 0 Å². The fourth-order valence-electron chi connectivity index (χ4n) is 1.73. The molecule has 1 heterocycles. The molecule has 0 spiro atoms. The van der Waals surface area contributed by atoms with E-state index in [1.54, 1.807) is 6.07 Å². The molecule has 0 saturated carbocycles. The topological polar surface area (TPSA) is 70.8 Å². The summed E-state index contributed by atoms with van der Waals surface area (Å²) in [5, 5.41) is 0. The summed E-state index contributed by atoms with van der Waals surface area (Å²) in [5.41, 5.74) is 7.79. The zero-order valence-corrected chi connectivity index (χ0v) is 10.3. The number of hydrogen-bond donors (Lipinski definition) is 1. The molecule has 1 aromatic rings. The molecule has 0 saturated heterocycles. The number of hydrogen-bond acceptors (Lipinski definition) is 5. The molecule has 0 amide bonds. The Hall–Kier alpha value is -1.59. The third kappa shape index (κ3) is 3.00. The molecule has 5 nitrogen and oxygen atoms in total. The average molecular weight is 251 g/mol. The second-order valence-corrected chi connectivity index (χ2v) is 4.24. The first-order valence-corrected chi connectivity index (χ1v) is 6.04. The molecule has 98 valence electrons. The Morgan fingerprint density at radius 1 is 1.56 bits per heavy atom. The summed E-state index contributed by atoms with van der Waals surface area (Å²) >= 11 is 0. The number of carbonyl (C=O) groups is 1. The monoisotopic (exact) mass is 251 g/mol. The van der Waals surface area contributed by atoms with Gasteiger partial charge in [0.25, 0.3) is 0 Å². The minimum Gasteiger partial charge on any atom is -0.466 e. The molecule has 0 bridgehead atoms. The van der Waals surface area contributed by atoms with E-state index in [1.807, 2.05) is 19.1 Å². The molecule has 0 radical (unpaired) electrons. The number of rotatable bonds is 5. The van der Waals surface area contributed by atoms with E-state index in [-0.39, 0.29) is 18.4 Å². The Morgan fingerprint density at radius 2 is 2.39 bits per heavy atom. The van der Waals surface area contributed by atoms with Crippen molar-refractivity contribution in [2.75, 3.05) is 6.61 Å². The van der Waals surface area contributed by atoms with Gasteiger partial charge in [-0.1, -0.05) is 19.1 Å². The van der Waals surface area contributed by atoms with Gasteiger partial charge in [-0.25, -0.2) is 0 Å². The molecule has 1 aliphatic heterocycles. The highest BCUT2D eigenvalue weighted by Gasteiger charge is 2.18. The van der Waals surface area contributed by atoms with Gasteiger partial charge in [-0.15, -0.1) is 0 Å². The van der Waals surface area contributed by atoms with Gasteiger partial charge in [-0.05, 0) is 18.1 Å². The van der Waals surface area contributed by atoms with Crippen LogP contribution in [0.25, 0.3) is 0 Å². The van der Waals surface area contributed by atoms with Crippen LogP contribution in [0.15, 0.2) is 18.2 Å². The summed E-state index contributed by atoms with van der Waals surface area (Å²) in [6.07, 6.45) is 0.977. The van der Waals surface area contributed by atoms with Gasteiger partial charge >= 0.3 is 5.97 Å². The van der Waals surface area contributed by atoms with Gasteiger partial charge < -0.3 is 15.4 Å². The smallest absolute Gasteiger partial charge is 0.307 e. The summed E-state index contributed by atoms with van der Waals surface area (Å²) in [7, 11) is 0. The number of carbonyl (C=O) groups excluding carboxylic acids is 1. The first-order chi connectivity index (χ1) is 8.70. The van der Waals surface area contributed by atoms with Crippen molar-refractivity contribution in [3.05, 3.63) is 29.3 Å². The molecule has 1 aliphatic rings. The zero-order chi connectivity index (χ0) is 13.0. The van der Waals surface area contributed by atoms with E-state index < -0.39 is 0 Å². The van der Waals surface area contributed by atoms with Crippen molar-refractivity contribution < 1.29 is 19.3 Å². The molecule has 0 aromatic heterocycles. The Balaban J connectivity index is 1.96. The molecule has 1 unspecified atom stereocenters.